The molecule has 2 atom stereocenters. The molecule has 0 radical (unpaired) electrons. The highest BCUT2D eigenvalue weighted by Crippen LogP contribution is 2.41. The number of rotatable bonds is 6. The van der Waals surface area contributed by atoms with E-state index in [1.54, 1.807) is 18.3 Å². The molecule has 0 bridgehead atoms. The number of ether oxygens (including phenoxy) is 1. The third-order valence-corrected chi connectivity index (χ3v) is 8.98. The van der Waals surface area contributed by atoms with Crippen molar-refractivity contribution in [1.82, 2.24) is 19.9 Å². The first-order valence-electron chi connectivity index (χ1n) is 12.9. The molecular weight excluding hydrogens is 516 g/mol. The fourth-order valence-corrected chi connectivity index (χ4v) is 6.71. The van der Waals surface area contributed by atoms with Gasteiger partial charge in [0.15, 0.2) is 0 Å². The first kappa shape index (κ1) is 26.8. The summed E-state index contributed by atoms with van der Waals surface area (Å²) in [4.78, 5) is 30.6. The van der Waals surface area contributed by atoms with E-state index in [-0.39, 0.29) is 30.4 Å². The number of piperazine rings is 1. The van der Waals surface area contributed by atoms with Gasteiger partial charge in [-0.05, 0) is 51.1 Å². The number of benzene rings is 2. The summed E-state index contributed by atoms with van der Waals surface area (Å²) in [5.41, 5.74) is 2.89. The normalized spacial score (nSPS) is 20.8. The second-order valence-corrected chi connectivity index (χ2v) is 12.5. The van der Waals surface area contributed by atoms with Crippen LogP contribution in [-0.2, 0) is 19.6 Å². The molecule has 1 fully saturated rings. The molecule has 0 aliphatic carbocycles. The Bertz CT molecular complexity index is 1490. The maximum Gasteiger partial charge on any atom is 0.243 e. The van der Waals surface area contributed by atoms with Crippen molar-refractivity contribution in [3.63, 3.8) is 0 Å². The van der Waals surface area contributed by atoms with Crippen molar-refractivity contribution < 1.29 is 22.7 Å². The Balaban J connectivity index is 1.37. The molecule has 2 unspecified atom stereocenters. The highest BCUT2D eigenvalue weighted by molar-refractivity contribution is 7.89. The number of carbonyl (C=O) groups excluding carboxylic acids is 2. The van der Waals surface area contributed by atoms with Gasteiger partial charge in [0.05, 0.1) is 23.1 Å². The van der Waals surface area contributed by atoms with Gasteiger partial charge in [0.2, 0.25) is 21.8 Å². The summed E-state index contributed by atoms with van der Waals surface area (Å²) in [5.74, 6) is -0.248. The predicted octanol–water partition coefficient (Wildman–Crippen LogP) is 3.35. The van der Waals surface area contributed by atoms with E-state index in [0.29, 0.717) is 12.2 Å². The second kappa shape index (κ2) is 10.4. The standard InChI is InChI=1S/C29H32N4O5S/c1-19-7-10-21(11-8-19)39(36,37)33-15-14-31-28(35)25(33)17-27(34)32-24-18-29(2,3)38-26-16-20(9-12-22(24)26)23-6-4-5-13-30-23/h4-13,16,24-25H,14-15,17-18H2,1-3H3,(H,31,35)(H,32,34). The number of fused-ring (bicyclic) bond motifs is 1. The van der Waals surface area contributed by atoms with E-state index in [1.807, 2.05) is 57.2 Å². The monoisotopic (exact) mass is 548 g/mol. The van der Waals surface area contributed by atoms with Crippen LogP contribution in [-0.4, -0.2) is 54.3 Å². The molecule has 39 heavy (non-hydrogen) atoms. The van der Waals surface area contributed by atoms with Gasteiger partial charge < -0.3 is 15.4 Å². The summed E-state index contributed by atoms with van der Waals surface area (Å²) < 4.78 is 34.2. The largest absolute Gasteiger partial charge is 0.487 e. The first-order chi connectivity index (χ1) is 18.5. The molecule has 2 amide bonds. The lowest BCUT2D eigenvalue weighted by atomic mass is 9.88. The van der Waals surface area contributed by atoms with Gasteiger partial charge in [-0.2, -0.15) is 4.31 Å². The maximum absolute atomic E-state index is 13.4. The van der Waals surface area contributed by atoms with Crippen LogP contribution in [0.5, 0.6) is 5.75 Å². The van der Waals surface area contributed by atoms with Crippen LogP contribution in [0.1, 0.15) is 43.9 Å². The van der Waals surface area contributed by atoms with E-state index in [0.717, 1.165) is 26.7 Å². The number of aryl methyl sites for hydroxylation is 1. The maximum atomic E-state index is 13.4. The molecule has 3 heterocycles. The third-order valence-electron chi connectivity index (χ3n) is 7.05. The highest BCUT2D eigenvalue weighted by atomic mass is 32.2. The van der Waals surface area contributed by atoms with Gasteiger partial charge >= 0.3 is 0 Å². The van der Waals surface area contributed by atoms with Crippen LogP contribution in [0.3, 0.4) is 0 Å². The van der Waals surface area contributed by atoms with Crippen molar-refractivity contribution in [1.29, 1.82) is 0 Å². The molecule has 3 aromatic rings. The molecule has 2 aromatic carbocycles. The average molecular weight is 549 g/mol. The predicted molar refractivity (Wildman–Crippen MR) is 146 cm³/mol. The van der Waals surface area contributed by atoms with Crippen LogP contribution in [0, 0.1) is 6.92 Å². The number of hydrogen-bond acceptors (Lipinski definition) is 6. The fraction of sp³-hybridized carbons (Fsp3) is 0.345. The van der Waals surface area contributed by atoms with E-state index < -0.39 is 33.5 Å². The Hall–Kier alpha value is -3.76. The van der Waals surface area contributed by atoms with Gasteiger partial charge in [0, 0.05) is 36.8 Å². The molecule has 2 aliphatic rings. The van der Waals surface area contributed by atoms with Crippen molar-refractivity contribution in [2.75, 3.05) is 13.1 Å². The third kappa shape index (κ3) is 5.67. The van der Waals surface area contributed by atoms with Gasteiger partial charge in [-0.25, -0.2) is 8.42 Å². The van der Waals surface area contributed by atoms with Crippen molar-refractivity contribution in [2.24, 2.45) is 0 Å². The Morgan fingerprint density at radius 3 is 2.64 bits per heavy atom. The van der Waals surface area contributed by atoms with Crippen LogP contribution in [0.15, 0.2) is 71.8 Å². The van der Waals surface area contributed by atoms with Gasteiger partial charge in [0.25, 0.3) is 0 Å². The Labute approximate surface area is 228 Å². The molecular formula is C29H32N4O5S. The molecule has 2 N–H and O–H groups in total. The number of nitrogens with zero attached hydrogens (tertiary/aromatic N) is 2. The summed E-state index contributed by atoms with van der Waals surface area (Å²) >= 11 is 0. The summed E-state index contributed by atoms with van der Waals surface area (Å²) in [7, 11) is -3.97. The van der Waals surface area contributed by atoms with Crippen LogP contribution in [0.4, 0.5) is 0 Å². The van der Waals surface area contributed by atoms with Gasteiger partial charge in [-0.15, -0.1) is 0 Å². The van der Waals surface area contributed by atoms with Crippen LogP contribution in [0.2, 0.25) is 0 Å². The Kier molecular flexibility index (Phi) is 7.17. The van der Waals surface area contributed by atoms with Crippen LogP contribution < -0.4 is 15.4 Å². The SMILES string of the molecule is Cc1ccc(S(=O)(=O)N2CCNC(=O)C2CC(=O)NC2CC(C)(C)Oc3cc(-c4ccccn4)ccc32)cc1. The quantitative estimate of drug-likeness (QED) is 0.488. The molecule has 1 aromatic heterocycles. The van der Waals surface area contributed by atoms with Crippen LogP contribution in [0.25, 0.3) is 11.3 Å². The number of pyridine rings is 1. The lowest BCUT2D eigenvalue weighted by Gasteiger charge is -2.38. The van der Waals surface area contributed by atoms with Crippen molar-refractivity contribution in [3.05, 3.63) is 78.0 Å². The Morgan fingerprint density at radius 2 is 1.92 bits per heavy atom. The number of hydrogen-bond donors (Lipinski definition) is 2. The Morgan fingerprint density at radius 1 is 1.15 bits per heavy atom. The van der Waals surface area contributed by atoms with E-state index >= 15 is 0 Å². The average Bonchev–Trinajstić information content (AvgIpc) is 2.89. The minimum atomic E-state index is -3.97. The molecule has 0 spiro atoms. The number of nitrogens with one attached hydrogen (secondary N) is 2. The molecule has 5 rings (SSSR count). The molecule has 9 nitrogen and oxygen atoms in total. The molecule has 1 saturated heterocycles. The summed E-state index contributed by atoms with van der Waals surface area (Å²) in [6.45, 7) is 6.04. The number of sulfonamides is 1. The van der Waals surface area contributed by atoms with E-state index in [2.05, 4.69) is 15.6 Å². The van der Waals surface area contributed by atoms with Gasteiger partial charge in [0.1, 0.15) is 17.4 Å². The lowest BCUT2D eigenvalue weighted by molar-refractivity contribution is -0.132. The summed E-state index contributed by atoms with van der Waals surface area (Å²) in [6.07, 6.45) is 1.94. The smallest absolute Gasteiger partial charge is 0.243 e. The fourth-order valence-electron chi connectivity index (χ4n) is 5.12. The molecule has 2 aliphatic heterocycles. The molecule has 0 saturated carbocycles. The van der Waals surface area contributed by atoms with Gasteiger partial charge in [-0.3, -0.25) is 14.6 Å². The summed E-state index contributed by atoms with van der Waals surface area (Å²) in [5, 5.41) is 5.74. The zero-order valence-corrected chi connectivity index (χ0v) is 23.0. The highest BCUT2D eigenvalue weighted by Gasteiger charge is 2.41. The van der Waals surface area contributed by atoms with Crippen molar-refractivity contribution in [3.8, 4) is 17.0 Å². The van der Waals surface area contributed by atoms with Gasteiger partial charge in [-0.1, -0.05) is 35.9 Å². The van der Waals surface area contributed by atoms with Crippen molar-refractivity contribution >= 4 is 21.8 Å². The van der Waals surface area contributed by atoms with Crippen molar-refractivity contribution in [2.45, 2.75) is 56.2 Å². The minimum absolute atomic E-state index is 0.0866. The minimum Gasteiger partial charge on any atom is -0.487 e. The zero-order chi connectivity index (χ0) is 27.8. The van der Waals surface area contributed by atoms with E-state index in [9.17, 15) is 18.0 Å². The topological polar surface area (TPSA) is 118 Å². The van der Waals surface area contributed by atoms with Crippen LogP contribution >= 0.6 is 0 Å². The lowest BCUT2D eigenvalue weighted by Crippen LogP contribution is -2.58. The van der Waals surface area contributed by atoms with E-state index in [1.165, 1.54) is 12.1 Å². The second-order valence-electron chi connectivity index (χ2n) is 10.6. The first-order valence-corrected chi connectivity index (χ1v) is 14.4. The summed E-state index contributed by atoms with van der Waals surface area (Å²) in [6, 6.07) is 16.4. The number of amides is 2. The van der Waals surface area contributed by atoms with E-state index in [4.69, 9.17) is 4.74 Å². The number of carbonyl (C=O) groups is 2. The zero-order valence-electron chi connectivity index (χ0n) is 22.2. The molecule has 10 heteroatoms. The number of aromatic nitrogens is 1. The molecule has 204 valence electrons.